The van der Waals surface area contributed by atoms with Crippen LogP contribution in [-0.2, 0) is 11.3 Å². The molecule has 1 N–H and O–H groups in total. The average Bonchev–Trinajstić information content (AvgIpc) is 3.30. The molecule has 6 heteroatoms. The maximum absolute atomic E-state index is 12.7. The van der Waals surface area contributed by atoms with Crippen molar-refractivity contribution in [3.05, 3.63) is 66.0 Å². The zero-order valence-electron chi connectivity index (χ0n) is 14.2. The Morgan fingerprint density at radius 3 is 2.73 bits per heavy atom. The predicted octanol–water partition coefficient (Wildman–Crippen LogP) is 4.41. The Morgan fingerprint density at radius 2 is 1.92 bits per heavy atom. The highest BCUT2D eigenvalue weighted by atomic mass is 32.1. The molecule has 0 aliphatic heterocycles. The zero-order chi connectivity index (χ0) is 17.9. The lowest BCUT2D eigenvalue weighted by atomic mass is 10.3. The van der Waals surface area contributed by atoms with E-state index in [1.165, 1.54) is 0 Å². The number of methoxy groups -OCH3 is 1. The van der Waals surface area contributed by atoms with Crippen molar-refractivity contribution in [3.8, 4) is 16.5 Å². The lowest BCUT2D eigenvalue weighted by Gasteiger charge is -2.12. The molecule has 26 heavy (non-hydrogen) atoms. The lowest BCUT2D eigenvalue weighted by Crippen LogP contribution is -2.19. The Morgan fingerprint density at radius 1 is 1.12 bits per heavy atom. The van der Waals surface area contributed by atoms with Crippen molar-refractivity contribution in [3.63, 3.8) is 0 Å². The highest BCUT2D eigenvalue weighted by Crippen LogP contribution is 2.28. The number of carbonyl (C=O) groups is 1. The number of anilines is 1. The summed E-state index contributed by atoms with van der Waals surface area (Å²) >= 11 is 1.61. The van der Waals surface area contributed by atoms with E-state index in [9.17, 15) is 4.79 Å². The monoisotopic (exact) mass is 363 g/mol. The lowest BCUT2D eigenvalue weighted by molar-refractivity contribution is -0.116. The predicted molar refractivity (Wildman–Crippen MR) is 105 cm³/mol. The minimum Gasteiger partial charge on any atom is -0.495 e. The van der Waals surface area contributed by atoms with Gasteiger partial charge in [0.05, 0.1) is 28.7 Å². The zero-order valence-corrected chi connectivity index (χ0v) is 15.0. The number of benzene rings is 2. The highest BCUT2D eigenvalue weighted by molar-refractivity contribution is 7.13. The minimum absolute atomic E-state index is 0.129. The summed E-state index contributed by atoms with van der Waals surface area (Å²) in [6, 6.07) is 19.2. The van der Waals surface area contributed by atoms with Crippen molar-refractivity contribution in [2.75, 3.05) is 12.4 Å². The number of ether oxygens (including phenoxy) is 1. The van der Waals surface area contributed by atoms with E-state index in [1.54, 1.807) is 18.4 Å². The third-order valence-corrected chi connectivity index (χ3v) is 4.94. The smallest absolute Gasteiger partial charge is 0.244 e. The van der Waals surface area contributed by atoms with Gasteiger partial charge in [0, 0.05) is 0 Å². The number of nitrogens with zero attached hydrogens (tertiary/aromatic N) is 2. The fraction of sp³-hybridized carbons (Fsp3) is 0.100. The molecule has 0 bridgehead atoms. The molecule has 130 valence electrons. The van der Waals surface area contributed by atoms with Crippen molar-refractivity contribution < 1.29 is 9.53 Å². The third kappa shape index (κ3) is 3.07. The van der Waals surface area contributed by atoms with Crippen LogP contribution in [0.1, 0.15) is 0 Å². The van der Waals surface area contributed by atoms with E-state index in [0.717, 1.165) is 21.7 Å². The maximum Gasteiger partial charge on any atom is 0.244 e. The van der Waals surface area contributed by atoms with Crippen molar-refractivity contribution in [2.24, 2.45) is 0 Å². The number of nitrogens with one attached hydrogen (secondary N) is 1. The van der Waals surface area contributed by atoms with Crippen molar-refractivity contribution in [1.82, 2.24) is 9.55 Å². The van der Waals surface area contributed by atoms with Crippen molar-refractivity contribution in [2.45, 2.75) is 6.54 Å². The van der Waals surface area contributed by atoms with Gasteiger partial charge in [0.2, 0.25) is 5.91 Å². The second-order valence-electron chi connectivity index (χ2n) is 5.74. The quantitative estimate of drug-likeness (QED) is 0.571. The average molecular weight is 363 g/mol. The van der Waals surface area contributed by atoms with E-state index in [0.29, 0.717) is 11.4 Å². The molecule has 0 fully saturated rings. The number of hydrogen-bond acceptors (Lipinski definition) is 4. The Kier molecular flexibility index (Phi) is 4.41. The summed E-state index contributed by atoms with van der Waals surface area (Å²) in [5.41, 5.74) is 2.47. The van der Waals surface area contributed by atoms with Gasteiger partial charge in [-0.3, -0.25) is 4.79 Å². The Hall–Kier alpha value is -3.12. The second kappa shape index (κ2) is 7.01. The summed E-state index contributed by atoms with van der Waals surface area (Å²) in [5.74, 6) is 1.31. The number of hydrogen-bond donors (Lipinski definition) is 1. The maximum atomic E-state index is 12.7. The molecule has 0 radical (unpaired) electrons. The molecule has 2 heterocycles. The van der Waals surface area contributed by atoms with Gasteiger partial charge >= 0.3 is 0 Å². The number of thiophene rings is 1. The Balaban J connectivity index is 1.68. The van der Waals surface area contributed by atoms with E-state index in [-0.39, 0.29) is 12.5 Å². The number of rotatable bonds is 5. The van der Waals surface area contributed by atoms with Crippen LogP contribution < -0.4 is 10.1 Å². The van der Waals surface area contributed by atoms with Crippen LogP contribution in [0, 0.1) is 0 Å². The summed E-state index contributed by atoms with van der Waals surface area (Å²) in [7, 11) is 1.59. The van der Waals surface area contributed by atoms with Crippen LogP contribution in [0.5, 0.6) is 5.75 Å². The fourth-order valence-electron chi connectivity index (χ4n) is 2.91. The molecule has 2 aromatic heterocycles. The van der Waals surface area contributed by atoms with E-state index >= 15 is 0 Å². The molecular formula is C20H17N3O2S. The molecular weight excluding hydrogens is 346 g/mol. The molecule has 2 aromatic carbocycles. The standard InChI is InChI=1S/C20H17N3O2S/c1-25-17-10-5-3-8-15(17)21-19(24)13-23-16-9-4-2-7-14(16)22-20(23)18-11-6-12-26-18/h2-12H,13H2,1H3,(H,21,24). The molecule has 0 atom stereocenters. The SMILES string of the molecule is COc1ccccc1NC(=O)Cn1c(-c2cccs2)nc2ccccc21. The molecule has 0 saturated carbocycles. The van der Waals surface area contributed by atoms with Gasteiger partial charge < -0.3 is 14.6 Å². The molecule has 1 amide bonds. The van der Waals surface area contributed by atoms with Crippen LogP contribution >= 0.6 is 11.3 Å². The number of amides is 1. The largest absolute Gasteiger partial charge is 0.495 e. The minimum atomic E-state index is -0.129. The summed E-state index contributed by atoms with van der Waals surface area (Å²) in [5, 5.41) is 4.94. The van der Waals surface area contributed by atoms with Gasteiger partial charge in [-0.25, -0.2) is 4.98 Å². The fourth-order valence-corrected chi connectivity index (χ4v) is 3.63. The first-order chi connectivity index (χ1) is 12.8. The van der Waals surface area contributed by atoms with Gasteiger partial charge in [-0.05, 0) is 35.7 Å². The third-order valence-electron chi connectivity index (χ3n) is 4.08. The van der Waals surface area contributed by atoms with Crippen LogP contribution in [0.2, 0.25) is 0 Å². The topological polar surface area (TPSA) is 56.1 Å². The number of carbonyl (C=O) groups excluding carboxylic acids is 1. The molecule has 5 nitrogen and oxygen atoms in total. The Bertz CT molecular complexity index is 1050. The number of imidazole rings is 1. The first-order valence-electron chi connectivity index (χ1n) is 8.18. The van der Waals surface area contributed by atoms with E-state index in [1.807, 2.05) is 70.6 Å². The van der Waals surface area contributed by atoms with Crippen LogP contribution in [0.4, 0.5) is 5.69 Å². The Labute approximate surface area is 154 Å². The van der Waals surface area contributed by atoms with Gasteiger partial charge in [0.25, 0.3) is 0 Å². The molecule has 0 aliphatic carbocycles. The van der Waals surface area contributed by atoms with Gasteiger partial charge in [-0.1, -0.05) is 30.3 Å². The molecule has 0 unspecified atom stereocenters. The first-order valence-corrected chi connectivity index (χ1v) is 9.06. The highest BCUT2D eigenvalue weighted by Gasteiger charge is 2.16. The molecule has 4 aromatic rings. The van der Waals surface area contributed by atoms with Crippen LogP contribution in [0.15, 0.2) is 66.0 Å². The summed E-state index contributed by atoms with van der Waals surface area (Å²) in [6.45, 7) is 0.172. The van der Waals surface area contributed by atoms with Gasteiger partial charge in [0.15, 0.2) is 5.82 Å². The summed E-state index contributed by atoms with van der Waals surface area (Å²) in [4.78, 5) is 18.5. The molecule has 0 saturated heterocycles. The van der Waals surface area contributed by atoms with Crippen LogP contribution in [-0.4, -0.2) is 22.6 Å². The normalized spacial score (nSPS) is 10.8. The first kappa shape index (κ1) is 16.4. The van der Waals surface area contributed by atoms with Crippen LogP contribution in [0.25, 0.3) is 21.7 Å². The molecule has 0 spiro atoms. The summed E-state index contributed by atoms with van der Waals surface area (Å²) < 4.78 is 7.25. The molecule has 0 aliphatic rings. The van der Waals surface area contributed by atoms with Crippen LogP contribution in [0.3, 0.4) is 0 Å². The molecule has 4 rings (SSSR count). The van der Waals surface area contributed by atoms with Gasteiger partial charge in [-0.2, -0.15) is 0 Å². The second-order valence-corrected chi connectivity index (χ2v) is 6.68. The van der Waals surface area contributed by atoms with Crippen molar-refractivity contribution in [1.29, 1.82) is 0 Å². The summed E-state index contributed by atoms with van der Waals surface area (Å²) in [6.07, 6.45) is 0. The van der Waals surface area contributed by atoms with E-state index in [2.05, 4.69) is 5.32 Å². The van der Waals surface area contributed by atoms with Gasteiger partial charge in [0.1, 0.15) is 12.3 Å². The van der Waals surface area contributed by atoms with E-state index < -0.39 is 0 Å². The number of aromatic nitrogens is 2. The van der Waals surface area contributed by atoms with Crippen molar-refractivity contribution >= 4 is 34.0 Å². The number of fused-ring (bicyclic) bond motifs is 1. The number of para-hydroxylation sites is 4. The van der Waals surface area contributed by atoms with Gasteiger partial charge in [-0.15, -0.1) is 11.3 Å². The van der Waals surface area contributed by atoms with E-state index in [4.69, 9.17) is 9.72 Å².